The lowest BCUT2D eigenvalue weighted by molar-refractivity contribution is -0.130. The van der Waals surface area contributed by atoms with Crippen LogP contribution >= 0.6 is 15.9 Å². The molecule has 0 aliphatic heterocycles. The zero-order chi connectivity index (χ0) is 15.2. The summed E-state index contributed by atoms with van der Waals surface area (Å²) in [6.07, 6.45) is 5.60. The fourth-order valence-corrected chi connectivity index (χ4v) is 3.21. The lowest BCUT2D eigenvalue weighted by Gasteiger charge is -2.23. The third-order valence-corrected chi connectivity index (χ3v) is 4.79. The van der Waals surface area contributed by atoms with Gasteiger partial charge in [-0.25, -0.2) is 0 Å². The van der Waals surface area contributed by atoms with Gasteiger partial charge in [-0.05, 0) is 24.5 Å². The average Bonchev–Trinajstić information content (AvgIpc) is 2.49. The van der Waals surface area contributed by atoms with Crippen LogP contribution < -0.4 is 11.1 Å². The molecular weight excluding hydrogens is 332 g/mol. The Kier molecular flexibility index (Phi) is 5.79. The predicted molar refractivity (Wildman–Crippen MR) is 85.5 cm³/mol. The van der Waals surface area contributed by atoms with Crippen molar-refractivity contribution in [1.82, 2.24) is 5.32 Å². The molecule has 1 aromatic rings. The number of nitrogens with two attached hydrogens (primary N) is 1. The maximum atomic E-state index is 12.3. The van der Waals surface area contributed by atoms with E-state index >= 15 is 0 Å². The Morgan fingerprint density at radius 2 is 1.90 bits per heavy atom. The highest BCUT2D eigenvalue weighted by Gasteiger charge is 2.26. The van der Waals surface area contributed by atoms with E-state index in [0.29, 0.717) is 6.42 Å². The van der Waals surface area contributed by atoms with Crippen molar-refractivity contribution in [2.45, 2.75) is 44.6 Å². The standard InChI is InChI=1S/C16H21BrN2O2/c17-13-9-5-4-8-12(13)10-14(15(18)20)19-16(21)11-6-2-1-3-7-11/h4-5,8-9,11,14H,1-3,6-7,10H2,(H2,18,20)(H,19,21)/t14-/m1/s1. The number of benzene rings is 1. The van der Waals surface area contributed by atoms with Gasteiger partial charge in [-0.15, -0.1) is 0 Å². The second-order valence-corrected chi connectivity index (χ2v) is 6.45. The summed E-state index contributed by atoms with van der Waals surface area (Å²) in [5.74, 6) is -0.500. The first-order chi connectivity index (χ1) is 10.1. The predicted octanol–water partition coefficient (Wildman–Crippen LogP) is 2.54. The van der Waals surface area contributed by atoms with Crippen molar-refractivity contribution in [2.24, 2.45) is 11.7 Å². The molecule has 21 heavy (non-hydrogen) atoms. The lowest BCUT2D eigenvalue weighted by Crippen LogP contribution is -2.48. The van der Waals surface area contributed by atoms with Gasteiger partial charge in [0.15, 0.2) is 0 Å². The van der Waals surface area contributed by atoms with Crippen LogP contribution in [0.25, 0.3) is 0 Å². The Hall–Kier alpha value is -1.36. The molecular formula is C16H21BrN2O2. The number of halogens is 1. The van der Waals surface area contributed by atoms with Crippen LogP contribution in [0.1, 0.15) is 37.7 Å². The van der Waals surface area contributed by atoms with Gasteiger partial charge in [0.1, 0.15) is 6.04 Å². The Morgan fingerprint density at radius 3 is 2.52 bits per heavy atom. The molecule has 3 N–H and O–H groups in total. The number of nitrogens with one attached hydrogen (secondary N) is 1. The van der Waals surface area contributed by atoms with Gasteiger partial charge in [0.05, 0.1) is 0 Å². The second kappa shape index (κ2) is 7.59. The fourth-order valence-electron chi connectivity index (χ4n) is 2.76. The van der Waals surface area contributed by atoms with Crippen molar-refractivity contribution < 1.29 is 9.59 Å². The third-order valence-electron chi connectivity index (χ3n) is 4.02. The minimum atomic E-state index is -0.655. The highest BCUT2D eigenvalue weighted by molar-refractivity contribution is 9.10. The number of rotatable bonds is 5. The van der Waals surface area contributed by atoms with Gasteiger partial charge in [-0.1, -0.05) is 53.4 Å². The largest absolute Gasteiger partial charge is 0.368 e. The van der Waals surface area contributed by atoms with Crippen molar-refractivity contribution in [3.63, 3.8) is 0 Å². The van der Waals surface area contributed by atoms with Gasteiger partial charge >= 0.3 is 0 Å². The van der Waals surface area contributed by atoms with Crippen LogP contribution in [0.5, 0.6) is 0 Å². The minimum Gasteiger partial charge on any atom is -0.368 e. The van der Waals surface area contributed by atoms with E-state index < -0.39 is 11.9 Å². The molecule has 1 aromatic carbocycles. The van der Waals surface area contributed by atoms with E-state index in [0.717, 1.165) is 35.7 Å². The molecule has 0 radical (unpaired) electrons. The number of primary amides is 1. The van der Waals surface area contributed by atoms with Crippen molar-refractivity contribution >= 4 is 27.7 Å². The van der Waals surface area contributed by atoms with Crippen LogP contribution in [0.15, 0.2) is 28.7 Å². The van der Waals surface area contributed by atoms with Crippen LogP contribution in [0.3, 0.4) is 0 Å². The van der Waals surface area contributed by atoms with Crippen LogP contribution in [0.4, 0.5) is 0 Å². The molecule has 0 unspecified atom stereocenters. The first-order valence-electron chi connectivity index (χ1n) is 7.41. The van der Waals surface area contributed by atoms with Gasteiger partial charge in [-0.2, -0.15) is 0 Å². The monoisotopic (exact) mass is 352 g/mol. The third kappa shape index (κ3) is 4.56. The van der Waals surface area contributed by atoms with Gasteiger partial charge in [0.25, 0.3) is 0 Å². The summed E-state index contributed by atoms with van der Waals surface area (Å²) in [6, 6.07) is 7.00. The Morgan fingerprint density at radius 1 is 1.24 bits per heavy atom. The highest BCUT2D eigenvalue weighted by atomic mass is 79.9. The van der Waals surface area contributed by atoms with Crippen molar-refractivity contribution in [1.29, 1.82) is 0 Å². The molecule has 1 fully saturated rings. The Bertz CT molecular complexity index is 513. The van der Waals surface area contributed by atoms with E-state index in [2.05, 4.69) is 21.2 Å². The highest BCUT2D eigenvalue weighted by Crippen LogP contribution is 2.24. The molecule has 1 atom stereocenters. The SMILES string of the molecule is NC(=O)[C@@H](Cc1ccccc1Br)NC(=O)C1CCCCC1. The number of hydrogen-bond acceptors (Lipinski definition) is 2. The van der Waals surface area contributed by atoms with Crippen LogP contribution in [-0.2, 0) is 16.0 Å². The zero-order valence-corrected chi connectivity index (χ0v) is 13.6. The molecule has 2 amide bonds. The maximum Gasteiger partial charge on any atom is 0.240 e. The van der Waals surface area contributed by atoms with Crippen molar-refractivity contribution in [2.75, 3.05) is 0 Å². The molecule has 0 saturated heterocycles. The molecule has 0 heterocycles. The molecule has 0 aromatic heterocycles. The number of carbonyl (C=O) groups is 2. The maximum absolute atomic E-state index is 12.3. The van der Waals surface area contributed by atoms with E-state index in [1.54, 1.807) is 0 Å². The molecule has 1 saturated carbocycles. The topological polar surface area (TPSA) is 72.2 Å². The summed E-state index contributed by atoms with van der Waals surface area (Å²) < 4.78 is 0.920. The molecule has 1 aliphatic rings. The molecule has 114 valence electrons. The minimum absolute atomic E-state index is 0.0276. The van der Waals surface area contributed by atoms with Gasteiger partial charge in [0, 0.05) is 16.8 Å². The number of carbonyl (C=O) groups excluding carboxylic acids is 2. The van der Waals surface area contributed by atoms with Crippen LogP contribution in [0.2, 0.25) is 0 Å². The number of amides is 2. The summed E-state index contributed by atoms with van der Waals surface area (Å²) >= 11 is 3.45. The molecule has 1 aliphatic carbocycles. The molecule has 5 heteroatoms. The first-order valence-corrected chi connectivity index (χ1v) is 8.20. The molecule has 2 rings (SSSR count). The second-order valence-electron chi connectivity index (χ2n) is 5.59. The smallest absolute Gasteiger partial charge is 0.240 e. The summed E-state index contributed by atoms with van der Waals surface area (Å²) in [5, 5.41) is 2.83. The van der Waals surface area contributed by atoms with Crippen LogP contribution in [0, 0.1) is 5.92 Å². The van der Waals surface area contributed by atoms with Crippen molar-refractivity contribution in [3.05, 3.63) is 34.3 Å². The van der Waals surface area contributed by atoms with E-state index in [1.165, 1.54) is 6.42 Å². The lowest BCUT2D eigenvalue weighted by atomic mass is 9.88. The summed E-state index contributed by atoms with van der Waals surface area (Å²) in [7, 11) is 0. The molecule has 4 nitrogen and oxygen atoms in total. The van der Waals surface area contributed by atoms with Crippen LogP contribution in [-0.4, -0.2) is 17.9 Å². The van der Waals surface area contributed by atoms with E-state index in [4.69, 9.17) is 5.73 Å². The normalized spacial score (nSPS) is 17.2. The van der Waals surface area contributed by atoms with E-state index in [1.807, 2.05) is 24.3 Å². The average molecular weight is 353 g/mol. The van der Waals surface area contributed by atoms with Gasteiger partial charge < -0.3 is 11.1 Å². The van der Waals surface area contributed by atoms with Gasteiger partial charge in [-0.3, -0.25) is 9.59 Å². The quantitative estimate of drug-likeness (QED) is 0.854. The number of hydrogen-bond donors (Lipinski definition) is 2. The first kappa shape index (κ1) is 16.0. The zero-order valence-electron chi connectivity index (χ0n) is 12.0. The Balaban J connectivity index is 2.00. The fraction of sp³-hybridized carbons (Fsp3) is 0.500. The van der Waals surface area contributed by atoms with E-state index in [9.17, 15) is 9.59 Å². The molecule has 0 spiro atoms. The summed E-state index contributed by atoms with van der Waals surface area (Å²) in [4.78, 5) is 23.9. The van der Waals surface area contributed by atoms with Gasteiger partial charge in [0.2, 0.25) is 11.8 Å². The Labute approximate surface area is 133 Å². The van der Waals surface area contributed by atoms with E-state index in [-0.39, 0.29) is 11.8 Å². The molecule has 0 bridgehead atoms. The summed E-state index contributed by atoms with van der Waals surface area (Å²) in [5.41, 5.74) is 6.41. The summed E-state index contributed by atoms with van der Waals surface area (Å²) in [6.45, 7) is 0. The van der Waals surface area contributed by atoms with Crippen molar-refractivity contribution in [3.8, 4) is 0 Å².